The van der Waals surface area contributed by atoms with E-state index in [1.54, 1.807) is 7.05 Å². The molecule has 0 spiro atoms. The lowest BCUT2D eigenvalue weighted by Crippen LogP contribution is -2.43. The van der Waals surface area contributed by atoms with Crippen molar-refractivity contribution in [3.8, 4) is 0 Å². The van der Waals surface area contributed by atoms with Crippen molar-refractivity contribution in [2.45, 2.75) is 25.9 Å². The molecule has 0 saturated carbocycles. The second-order valence-electron chi connectivity index (χ2n) is 4.35. The van der Waals surface area contributed by atoms with E-state index in [0.29, 0.717) is 5.33 Å². The molecule has 102 valence electrons. The van der Waals surface area contributed by atoms with E-state index in [1.165, 1.54) is 4.31 Å². The van der Waals surface area contributed by atoms with Gasteiger partial charge in [0.25, 0.3) is 10.2 Å². The summed E-state index contributed by atoms with van der Waals surface area (Å²) in [6, 6.07) is 9.17. The van der Waals surface area contributed by atoms with Crippen molar-refractivity contribution in [1.82, 2.24) is 9.03 Å². The molecule has 6 heteroatoms. The maximum atomic E-state index is 12.1. The van der Waals surface area contributed by atoms with Crippen molar-refractivity contribution in [3.63, 3.8) is 0 Å². The van der Waals surface area contributed by atoms with E-state index in [9.17, 15) is 8.42 Å². The Balaban J connectivity index is 2.88. The highest BCUT2D eigenvalue weighted by molar-refractivity contribution is 9.09. The number of hydrogen-bond acceptors (Lipinski definition) is 2. The molecule has 0 aliphatic heterocycles. The van der Waals surface area contributed by atoms with Crippen LogP contribution in [0, 0.1) is 0 Å². The van der Waals surface area contributed by atoms with Crippen LogP contribution in [0.4, 0.5) is 0 Å². The number of nitrogens with one attached hydrogen (secondary N) is 1. The zero-order valence-electron chi connectivity index (χ0n) is 10.8. The van der Waals surface area contributed by atoms with Gasteiger partial charge in [-0.2, -0.15) is 17.4 Å². The van der Waals surface area contributed by atoms with Gasteiger partial charge in [-0.15, -0.1) is 0 Å². The molecule has 0 aliphatic rings. The Kier molecular flexibility index (Phi) is 5.78. The molecule has 0 fully saturated rings. The number of benzene rings is 1. The van der Waals surface area contributed by atoms with Crippen molar-refractivity contribution in [1.29, 1.82) is 0 Å². The highest BCUT2D eigenvalue weighted by Gasteiger charge is 2.24. The topological polar surface area (TPSA) is 49.4 Å². The number of nitrogens with zero attached hydrogens (tertiary/aromatic N) is 1. The summed E-state index contributed by atoms with van der Waals surface area (Å²) >= 11 is 3.35. The second kappa shape index (κ2) is 6.65. The molecule has 4 nitrogen and oxygen atoms in total. The Bertz CT molecular complexity index is 462. The smallest absolute Gasteiger partial charge is 0.195 e. The molecular formula is C12H19BrN2O2S. The van der Waals surface area contributed by atoms with Gasteiger partial charge in [-0.3, -0.25) is 0 Å². The van der Waals surface area contributed by atoms with Gasteiger partial charge in [0.1, 0.15) is 0 Å². The molecule has 1 unspecified atom stereocenters. The monoisotopic (exact) mass is 334 g/mol. The van der Waals surface area contributed by atoms with E-state index in [1.807, 2.05) is 44.2 Å². The summed E-state index contributed by atoms with van der Waals surface area (Å²) in [6.07, 6.45) is 0. The minimum absolute atomic E-state index is 0.0748. The minimum atomic E-state index is -3.47. The molecule has 18 heavy (non-hydrogen) atoms. The summed E-state index contributed by atoms with van der Waals surface area (Å²) in [7, 11) is -1.89. The first kappa shape index (κ1) is 15.6. The van der Waals surface area contributed by atoms with Crippen LogP contribution >= 0.6 is 15.9 Å². The average Bonchev–Trinajstić information content (AvgIpc) is 2.36. The van der Waals surface area contributed by atoms with Crippen LogP contribution in [-0.2, 0) is 10.2 Å². The van der Waals surface area contributed by atoms with Gasteiger partial charge in [0, 0.05) is 18.4 Å². The van der Waals surface area contributed by atoms with E-state index in [-0.39, 0.29) is 12.1 Å². The molecule has 0 aromatic heterocycles. The third-order valence-electron chi connectivity index (χ3n) is 2.75. The van der Waals surface area contributed by atoms with E-state index in [4.69, 9.17) is 0 Å². The standard InChI is InChI=1S/C12H19BrN2O2S/c1-10(2)15(3)18(16,17)14-12(9-13)11-7-5-4-6-8-11/h4-8,10,12,14H,9H2,1-3H3. The van der Waals surface area contributed by atoms with Crippen LogP contribution in [0.5, 0.6) is 0 Å². The molecule has 1 aromatic carbocycles. The fourth-order valence-corrected chi connectivity index (χ4v) is 3.46. The minimum Gasteiger partial charge on any atom is -0.195 e. The van der Waals surface area contributed by atoms with Crippen molar-refractivity contribution in [2.75, 3.05) is 12.4 Å². The van der Waals surface area contributed by atoms with Crippen LogP contribution in [0.2, 0.25) is 0 Å². The number of halogens is 1. The first-order valence-electron chi connectivity index (χ1n) is 5.74. The van der Waals surface area contributed by atoms with Gasteiger partial charge in [0.2, 0.25) is 0 Å². The fraction of sp³-hybridized carbons (Fsp3) is 0.500. The Labute approximate surface area is 118 Å². The largest absolute Gasteiger partial charge is 0.280 e. The van der Waals surface area contributed by atoms with Gasteiger partial charge in [0.15, 0.2) is 0 Å². The average molecular weight is 335 g/mol. The molecule has 0 radical (unpaired) electrons. The fourth-order valence-electron chi connectivity index (χ4n) is 1.41. The first-order chi connectivity index (χ1) is 8.38. The molecular weight excluding hydrogens is 316 g/mol. The molecule has 0 bridgehead atoms. The SMILES string of the molecule is CC(C)N(C)S(=O)(=O)NC(CBr)c1ccccc1. The summed E-state index contributed by atoms with van der Waals surface area (Å²) in [5.74, 6) is 0. The second-order valence-corrected chi connectivity index (χ2v) is 6.76. The third-order valence-corrected chi connectivity index (χ3v) is 5.16. The van der Waals surface area contributed by atoms with Crippen LogP contribution in [0.3, 0.4) is 0 Å². The Morgan fingerprint density at radius 3 is 2.28 bits per heavy atom. The van der Waals surface area contributed by atoms with Gasteiger partial charge < -0.3 is 0 Å². The van der Waals surface area contributed by atoms with Crippen molar-refractivity contribution < 1.29 is 8.42 Å². The summed E-state index contributed by atoms with van der Waals surface area (Å²) in [5, 5.41) is 0.530. The lowest BCUT2D eigenvalue weighted by atomic mass is 10.1. The van der Waals surface area contributed by atoms with E-state index in [2.05, 4.69) is 20.7 Å². The maximum Gasteiger partial charge on any atom is 0.280 e. The number of alkyl halides is 1. The Morgan fingerprint density at radius 2 is 1.83 bits per heavy atom. The van der Waals surface area contributed by atoms with Gasteiger partial charge in [-0.1, -0.05) is 46.3 Å². The molecule has 1 rings (SSSR count). The van der Waals surface area contributed by atoms with E-state index in [0.717, 1.165) is 5.56 Å². The highest BCUT2D eigenvalue weighted by atomic mass is 79.9. The van der Waals surface area contributed by atoms with Crippen molar-refractivity contribution in [3.05, 3.63) is 35.9 Å². The molecule has 0 saturated heterocycles. The van der Waals surface area contributed by atoms with E-state index < -0.39 is 10.2 Å². The van der Waals surface area contributed by atoms with Crippen molar-refractivity contribution in [2.24, 2.45) is 0 Å². The lowest BCUT2D eigenvalue weighted by molar-refractivity contribution is 0.398. The number of hydrogen-bond donors (Lipinski definition) is 1. The molecule has 0 aliphatic carbocycles. The molecule has 0 amide bonds. The highest BCUT2D eigenvalue weighted by Crippen LogP contribution is 2.17. The van der Waals surface area contributed by atoms with Crippen LogP contribution in [0.15, 0.2) is 30.3 Å². The van der Waals surface area contributed by atoms with Crippen molar-refractivity contribution >= 4 is 26.1 Å². The summed E-state index contributed by atoms with van der Waals surface area (Å²) in [6.45, 7) is 3.68. The van der Waals surface area contributed by atoms with Crippen LogP contribution in [-0.4, -0.2) is 31.1 Å². The Hall–Kier alpha value is -0.430. The van der Waals surface area contributed by atoms with Crippen LogP contribution < -0.4 is 4.72 Å². The lowest BCUT2D eigenvalue weighted by Gasteiger charge is -2.25. The molecule has 1 aromatic rings. The third kappa shape index (κ3) is 4.05. The predicted molar refractivity (Wildman–Crippen MR) is 77.9 cm³/mol. The summed E-state index contributed by atoms with van der Waals surface area (Å²) in [5.41, 5.74) is 0.940. The van der Waals surface area contributed by atoms with Gasteiger partial charge in [0.05, 0.1) is 6.04 Å². The zero-order chi connectivity index (χ0) is 13.8. The summed E-state index contributed by atoms with van der Waals surface area (Å²) < 4.78 is 28.2. The quantitative estimate of drug-likeness (QED) is 0.811. The molecule has 0 heterocycles. The van der Waals surface area contributed by atoms with Crippen LogP contribution in [0.25, 0.3) is 0 Å². The molecule has 1 N–H and O–H groups in total. The number of rotatable bonds is 6. The maximum absolute atomic E-state index is 12.1. The first-order valence-corrected chi connectivity index (χ1v) is 8.31. The summed E-state index contributed by atoms with van der Waals surface area (Å²) in [4.78, 5) is 0. The molecule has 1 atom stereocenters. The van der Waals surface area contributed by atoms with E-state index >= 15 is 0 Å². The predicted octanol–water partition coefficient (Wildman–Crippen LogP) is 2.30. The Morgan fingerprint density at radius 1 is 1.28 bits per heavy atom. The van der Waals surface area contributed by atoms with Crippen LogP contribution in [0.1, 0.15) is 25.5 Å². The van der Waals surface area contributed by atoms with Gasteiger partial charge >= 0.3 is 0 Å². The van der Waals surface area contributed by atoms with Gasteiger partial charge in [-0.25, -0.2) is 0 Å². The normalized spacial score (nSPS) is 14.1. The zero-order valence-corrected chi connectivity index (χ0v) is 13.2. The van der Waals surface area contributed by atoms with Gasteiger partial charge in [-0.05, 0) is 19.4 Å².